The van der Waals surface area contributed by atoms with E-state index in [1.807, 2.05) is 24.8 Å². The predicted molar refractivity (Wildman–Crippen MR) is 85.4 cm³/mol. The fraction of sp³-hybridized carbons (Fsp3) is 0.562. The molecule has 1 heterocycles. The Hall–Kier alpha value is -1.26. The summed E-state index contributed by atoms with van der Waals surface area (Å²) in [6, 6.07) is 3.58. The first kappa shape index (κ1) is 16.1. The molecule has 1 fully saturated rings. The highest BCUT2D eigenvalue weighted by atomic mass is 35.5. The van der Waals surface area contributed by atoms with E-state index in [9.17, 15) is 4.79 Å². The van der Waals surface area contributed by atoms with E-state index in [1.54, 1.807) is 6.07 Å². The Morgan fingerprint density at radius 1 is 1.24 bits per heavy atom. The van der Waals surface area contributed by atoms with Gasteiger partial charge in [0.1, 0.15) is 5.75 Å². The third kappa shape index (κ3) is 3.69. The average molecular weight is 311 g/mol. The molecule has 5 heteroatoms. The number of likely N-dealkylation sites (N-methyl/N-ethyl adjacent to an activating group) is 1. The zero-order valence-corrected chi connectivity index (χ0v) is 13.7. The molecule has 0 aliphatic carbocycles. The van der Waals surface area contributed by atoms with Crippen molar-refractivity contribution < 1.29 is 9.53 Å². The number of aryl methyl sites for hydroxylation is 1. The molecule has 1 aliphatic heterocycles. The summed E-state index contributed by atoms with van der Waals surface area (Å²) in [4.78, 5) is 16.9. The number of benzene rings is 1. The highest BCUT2D eigenvalue weighted by Gasteiger charge is 2.23. The van der Waals surface area contributed by atoms with Crippen LogP contribution in [0.1, 0.15) is 29.8 Å². The molecule has 4 nitrogen and oxygen atoms in total. The number of hydrogen-bond donors (Lipinski definition) is 0. The van der Waals surface area contributed by atoms with Gasteiger partial charge < -0.3 is 14.5 Å². The van der Waals surface area contributed by atoms with E-state index in [0.717, 1.165) is 38.3 Å². The molecule has 1 aromatic rings. The SMILES string of the molecule is CCOc1cc(C)c(C(=O)N2CCN(CC)CC2)cc1Cl. The molecule has 0 aromatic heterocycles. The van der Waals surface area contributed by atoms with Crippen molar-refractivity contribution in [2.75, 3.05) is 39.3 Å². The van der Waals surface area contributed by atoms with Gasteiger partial charge in [0.05, 0.1) is 11.6 Å². The number of nitrogens with zero attached hydrogens (tertiary/aromatic N) is 2. The van der Waals surface area contributed by atoms with Crippen LogP contribution in [0.3, 0.4) is 0 Å². The van der Waals surface area contributed by atoms with Crippen LogP contribution in [0.15, 0.2) is 12.1 Å². The number of carbonyl (C=O) groups is 1. The van der Waals surface area contributed by atoms with Gasteiger partial charge in [-0.05, 0) is 38.1 Å². The van der Waals surface area contributed by atoms with Crippen LogP contribution in [0, 0.1) is 6.92 Å². The van der Waals surface area contributed by atoms with Crippen LogP contribution in [0.2, 0.25) is 5.02 Å². The molecule has 0 bridgehead atoms. The highest BCUT2D eigenvalue weighted by Crippen LogP contribution is 2.29. The largest absolute Gasteiger partial charge is 0.492 e. The van der Waals surface area contributed by atoms with Gasteiger partial charge in [-0.2, -0.15) is 0 Å². The number of amides is 1. The van der Waals surface area contributed by atoms with Crippen molar-refractivity contribution in [3.05, 3.63) is 28.3 Å². The lowest BCUT2D eigenvalue weighted by Gasteiger charge is -2.34. The molecular formula is C16H23ClN2O2. The van der Waals surface area contributed by atoms with E-state index in [1.165, 1.54) is 0 Å². The first-order valence-electron chi connectivity index (χ1n) is 7.51. The van der Waals surface area contributed by atoms with Crippen LogP contribution in [0.4, 0.5) is 0 Å². The van der Waals surface area contributed by atoms with Gasteiger partial charge in [-0.3, -0.25) is 4.79 Å². The van der Waals surface area contributed by atoms with Gasteiger partial charge in [0, 0.05) is 31.7 Å². The third-order valence-corrected chi connectivity index (χ3v) is 4.21. The summed E-state index contributed by atoms with van der Waals surface area (Å²) in [7, 11) is 0. The molecule has 0 atom stereocenters. The van der Waals surface area contributed by atoms with Crippen LogP contribution >= 0.6 is 11.6 Å². The highest BCUT2D eigenvalue weighted by molar-refractivity contribution is 6.32. The lowest BCUT2D eigenvalue weighted by molar-refractivity contribution is 0.0642. The van der Waals surface area contributed by atoms with E-state index < -0.39 is 0 Å². The first-order valence-corrected chi connectivity index (χ1v) is 7.89. The van der Waals surface area contributed by atoms with Crippen LogP contribution in [-0.2, 0) is 0 Å². The summed E-state index contributed by atoms with van der Waals surface area (Å²) in [6.07, 6.45) is 0. The Bertz CT molecular complexity index is 511. The Balaban J connectivity index is 2.14. The first-order chi connectivity index (χ1) is 10.1. The van der Waals surface area contributed by atoms with Crippen LogP contribution < -0.4 is 4.74 Å². The van der Waals surface area contributed by atoms with Gasteiger partial charge in [0.15, 0.2) is 0 Å². The predicted octanol–water partition coefficient (Wildman–Crippen LogP) is 2.82. The number of hydrogen-bond acceptors (Lipinski definition) is 3. The molecule has 2 rings (SSSR count). The summed E-state index contributed by atoms with van der Waals surface area (Å²) in [5, 5.41) is 0.498. The smallest absolute Gasteiger partial charge is 0.254 e. The minimum absolute atomic E-state index is 0.0631. The minimum Gasteiger partial charge on any atom is -0.492 e. The second kappa shape index (κ2) is 7.14. The van der Waals surface area contributed by atoms with E-state index in [2.05, 4.69) is 11.8 Å². The molecule has 0 saturated carbocycles. The second-order valence-corrected chi connectivity index (χ2v) is 5.66. The maximum Gasteiger partial charge on any atom is 0.254 e. The zero-order chi connectivity index (χ0) is 15.4. The van der Waals surface area contributed by atoms with Crippen molar-refractivity contribution >= 4 is 17.5 Å². The van der Waals surface area contributed by atoms with Gasteiger partial charge in [0.25, 0.3) is 5.91 Å². The molecule has 1 saturated heterocycles. The quantitative estimate of drug-likeness (QED) is 0.857. The van der Waals surface area contributed by atoms with Crippen LogP contribution in [0.5, 0.6) is 5.75 Å². The summed E-state index contributed by atoms with van der Waals surface area (Å²) in [6.45, 7) is 11.0. The second-order valence-electron chi connectivity index (χ2n) is 5.26. The van der Waals surface area contributed by atoms with Crippen molar-refractivity contribution in [1.29, 1.82) is 0 Å². The van der Waals surface area contributed by atoms with Gasteiger partial charge >= 0.3 is 0 Å². The lowest BCUT2D eigenvalue weighted by Crippen LogP contribution is -2.48. The van der Waals surface area contributed by atoms with Gasteiger partial charge in [-0.15, -0.1) is 0 Å². The molecule has 0 N–H and O–H groups in total. The molecule has 1 amide bonds. The Morgan fingerprint density at radius 3 is 2.48 bits per heavy atom. The van der Waals surface area contributed by atoms with Gasteiger partial charge in [-0.1, -0.05) is 18.5 Å². The maximum absolute atomic E-state index is 12.6. The van der Waals surface area contributed by atoms with Crippen molar-refractivity contribution in [3.8, 4) is 5.75 Å². The lowest BCUT2D eigenvalue weighted by atomic mass is 10.1. The van der Waals surface area contributed by atoms with Crippen LogP contribution in [0.25, 0.3) is 0 Å². The van der Waals surface area contributed by atoms with E-state index in [4.69, 9.17) is 16.3 Å². The third-order valence-electron chi connectivity index (χ3n) is 3.92. The molecule has 116 valence electrons. The summed E-state index contributed by atoms with van der Waals surface area (Å²) < 4.78 is 5.46. The number of rotatable bonds is 4. The van der Waals surface area contributed by atoms with Crippen molar-refractivity contribution in [1.82, 2.24) is 9.80 Å². The van der Waals surface area contributed by atoms with Crippen molar-refractivity contribution in [2.45, 2.75) is 20.8 Å². The molecule has 1 aliphatic rings. The molecule has 0 unspecified atom stereocenters. The van der Waals surface area contributed by atoms with Crippen LogP contribution in [-0.4, -0.2) is 55.0 Å². The Kier molecular flexibility index (Phi) is 5.48. The topological polar surface area (TPSA) is 32.8 Å². The average Bonchev–Trinajstić information content (AvgIpc) is 2.50. The molecule has 1 aromatic carbocycles. The summed E-state index contributed by atoms with van der Waals surface area (Å²) >= 11 is 6.20. The van der Waals surface area contributed by atoms with Crippen molar-refractivity contribution in [3.63, 3.8) is 0 Å². The molecular weight excluding hydrogens is 288 g/mol. The number of halogens is 1. The zero-order valence-electron chi connectivity index (χ0n) is 13.0. The minimum atomic E-state index is 0.0631. The summed E-state index contributed by atoms with van der Waals surface area (Å²) in [5.41, 5.74) is 1.58. The Morgan fingerprint density at radius 2 is 1.90 bits per heavy atom. The fourth-order valence-corrected chi connectivity index (χ4v) is 2.81. The molecule has 21 heavy (non-hydrogen) atoms. The number of carbonyl (C=O) groups excluding carboxylic acids is 1. The standard InChI is InChI=1S/C16H23ClN2O2/c1-4-18-6-8-19(9-7-18)16(20)13-11-14(17)15(21-5-2)10-12(13)3/h10-11H,4-9H2,1-3H3. The monoisotopic (exact) mass is 310 g/mol. The van der Waals surface area contributed by atoms with Crippen molar-refractivity contribution in [2.24, 2.45) is 0 Å². The normalized spacial score (nSPS) is 16.1. The van der Waals surface area contributed by atoms with Gasteiger partial charge in [-0.25, -0.2) is 0 Å². The van der Waals surface area contributed by atoms with E-state index in [-0.39, 0.29) is 5.91 Å². The summed E-state index contributed by atoms with van der Waals surface area (Å²) in [5.74, 6) is 0.706. The maximum atomic E-state index is 12.6. The van der Waals surface area contributed by atoms with Gasteiger partial charge in [0.2, 0.25) is 0 Å². The van der Waals surface area contributed by atoms with E-state index >= 15 is 0 Å². The molecule has 0 spiro atoms. The fourth-order valence-electron chi connectivity index (χ4n) is 2.59. The molecule has 0 radical (unpaired) electrons. The number of piperazine rings is 1. The van der Waals surface area contributed by atoms with E-state index in [0.29, 0.717) is 22.9 Å². The number of ether oxygens (including phenoxy) is 1. The Labute approximate surface area is 131 Å².